The number of hydrogen-bond acceptors (Lipinski definition) is 3. The van der Waals surface area contributed by atoms with Crippen LogP contribution in [-0.4, -0.2) is 13.2 Å². The van der Waals surface area contributed by atoms with Crippen LogP contribution in [0.1, 0.15) is 23.8 Å². The van der Waals surface area contributed by atoms with Crippen LogP contribution in [0.4, 0.5) is 4.39 Å². The van der Waals surface area contributed by atoms with Crippen LogP contribution < -0.4 is 5.73 Å². The van der Waals surface area contributed by atoms with E-state index in [0.717, 1.165) is 41.0 Å². The number of ether oxygens (including phenoxy) is 1. The van der Waals surface area contributed by atoms with Gasteiger partial charge in [-0.15, -0.1) is 11.3 Å². The Labute approximate surface area is 110 Å². The average molecular weight is 265 g/mol. The predicted octanol–water partition coefficient (Wildman–Crippen LogP) is 3.47. The van der Waals surface area contributed by atoms with E-state index in [2.05, 4.69) is 0 Å². The van der Waals surface area contributed by atoms with Crippen LogP contribution in [0.3, 0.4) is 0 Å². The molecule has 0 spiro atoms. The van der Waals surface area contributed by atoms with Crippen LogP contribution >= 0.6 is 11.3 Å². The second-order valence-electron chi connectivity index (χ2n) is 4.81. The molecular formula is C14H16FNOS. The van der Waals surface area contributed by atoms with Crippen molar-refractivity contribution in [2.24, 2.45) is 11.7 Å². The van der Waals surface area contributed by atoms with Crippen molar-refractivity contribution in [3.8, 4) is 0 Å². The predicted molar refractivity (Wildman–Crippen MR) is 72.3 cm³/mol. The van der Waals surface area contributed by atoms with Gasteiger partial charge in [0, 0.05) is 28.8 Å². The van der Waals surface area contributed by atoms with Crippen molar-refractivity contribution < 1.29 is 9.13 Å². The maximum atomic E-state index is 13.2. The first kappa shape index (κ1) is 12.1. The van der Waals surface area contributed by atoms with E-state index in [1.165, 1.54) is 6.07 Å². The summed E-state index contributed by atoms with van der Waals surface area (Å²) >= 11 is 1.68. The summed E-state index contributed by atoms with van der Waals surface area (Å²) in [6.45, 7) is 1.61. The molecule has 2 heterocycles. The highest BCUT2D eigenvalue weighted by Crippen LogP contribution is 2.35. The summed E-state index contributed by atoms with van der Waals surface area (Å²) in [5, 5.41) is 0.956. The average Bonchev–Trinajstić information content (AvgIpc) is 2.81. The molecule has 0 bridgehead atoms. The Bertz CT molecular complexity index is 548. The third kappa shape index (κ3) is 2.28. The minimum absolute atomic E-state index is 0.0503. The van der Waals surface area contributed by atoms with Crippen molar-refractivity contribution in [3.05, 3.63) is 35.0 Å². The fourth-order valence-electron chi connectivity index (χ4n) is 2.51. The van der Waals surface area contributed by atoms with Gasteiger partial charge in [-0.3, -0.25) is 0 Å². The van der Waals surface area contributed by atoms with Gasteiger partial charge in [0.05, 0.1) is 0 Å². The van der Waals surface area contributed by atoms with Crippen LogP contribution in [0.5, 0.6) is 0 Å². The molecule has 4 heteroatoms. The van der Waals surface area contributed by atoms with E-state index in [4.69, 9.17) is 10.5 Å². The monoisotopic (exact) mass is 265 g/mol. The number of rotatable bonds is 2. The molecule has 1 aliphatic rings. The Balaban J connectivity index is 1.88. The summed E-state index contributed by atoms with van der Waals surface area (Å²) in [7, 11) is 0. The number of hydrogen-bond donors (Lipinski definition) is 1. The fraction of sp³-hybridized carbons (Fsp3) is 0.429. The Morgan fingerprint density at radius 1 is 1.28 bits per heavy atom. The molecule has 1 atom stereocenters. The molecule has 1 aromatic heterocycles. The van der Waals surface area contributed by atoms with Crippen molar-refractivity contribution in [3.63, 3.8) is 0 Å². The zero-order chi connectivity index (χ0) is 12.5. The lowest BCUT2D eigenvalue weighted by Gasteiger charge is -2.26. The lowest BCUT2D eigenvalue weighted by Crippen LogP contribution is -2.26. The van der Waals surface area contributed by atoms with E-state index in [-0.39, 0.29) is 11.9 Å². The van der Waals surface area contributed by atoms with Gasteiger partial charge in [-0.05, 0) is 48.4 Å². The van der Waals surface area contributed by atoms with Crippen molar-refractivity contribution in [2.45, 2.75) is 18.9 Å². The normalized spacial score (nSPS) is 19.2. The zero-order valence-electron chi connectivity index (χ0n) is 10.1. The largest absolute Gasteiger partial charge is 0.381 e. The molecular weight excluding hydrogens is 249 g/mol. The van der Waals surface area contributed by atoms with Gasteiger partial charge >= 0.3 is 0 Å². The number of thiophene rings is 1. The van der Waals surface area contributed by atoms with Crippen LogP contribution in [0.25, 0.3) is 10.1 Å². The molecule has 0 aliphatic carbocycles. The minimum Gasteiger partial charge on any atom is -0.381 e. The van der Waals surface area contributed by atoms with E-state index in [1.54, 1.807) is 17.4 Å². The quantitative estimate of drug-likeness (QED) is 0.902. The summed E-state index contributed by atoms with van der Waals surface area (Å²) in [4.78, 5) is 1.16. The lowest BCUT2D eigenvalue weighted by molar-refractivity contribution is 0.0587. The van der Waals surface area contributed by atoms with E-state index in [1.807, 2.05) is 12.1 Å². The highest BCUT2D eigenvalue weighted by molar-refractivity contribution is 7.19. The number of nitrogens with two attached hydrogens (primary N) is 1. The molecule has 2 N–H and O–H groups in total. The molecule has 3 rings (SSSR count). The lowest BCUT2D eigenvalue weighted by atomic mass is 9.91. The summed E-state index contributed by atoms with van der Waals surface area (Å²) in [6.07, 6.45) is 2.04. The van der Waals surface area contributed by atoms with Gasteiger partial charge in [0.2, 0.25) is 0 Å². The topological polar surface area (TPSA) is 35.2 Å². The van der Waals surface area contributed by atoms with Crippen molar-refractivity contribution in [1.82, 2.24) is 0 Å². The smallest absolute Gasteiger partial charge is 0.123 e. The summed E-state index contributed by atoms with van der Waals surface area (Å²) in [5.74, 6) is 0.295. The molecule has 1 saturated heterocycles. The third-order valence-electron chi connectivity index (χ3n) is 3.60. The Morgan fingerprint density at radius 3 is 2.83 bits per heavy atom. The first-order chi connectivity index (χ1) is 8.74. The van der Waals surface area contributed by atoms with E-state index in [9.17, 15) is 4.39 Å². The molecule has 1 aromatic carbocycles. The van der Waals surface area contributed by atoms with Crippen LogP contribution in [0.2, 0.25) is 0 Å². The van der Waals surface area contributed by atoms with Gasteiger partial charge in [0.1, 0.15) is 5.82 Å². The standard InChI is InChI=1S/C14H16FNOS/c15-11-1-2-12-10(7-11)8-13(18-12)14(16)9-3-5-17-6-4-9/h1-2,7-9,14H,3-6,16H2. The maximum absolute atomic E-state index is 13.2. The maximum Gasteiger partial charge on any atom is 0.123 e. The summed E-state index contributed by atoms with van der Waals surface area (Å²) < 4.78 is 19.6. The van der Waals surface area contributed by atoms with Gasteiger partial charge in [-0.2, -0.15) is 0 Å². The Hall–Kier alpha value is -0.970. The first-order valence-corrected chi connectivity index (χ1v) is 7.08. The van der Waals surface area contributed by atoms with E-state index < -0.39 is 0 Å². The Kier molecular flexibility index (Phi) is 3.33. The molecule has 0 amide bonds. The van der Waals surface area contributed by atoms with Crippen LogP contribution in [0.15, 0.2) is 24.3 Å². The minimum atomic E-state index is -0.188. The summed E-state index contributed by atoms with van der Waals surface area (Å²) in [5.41, 5.74) is 6.33. The Morgan fingerprint density at radius 2 is 2.06 bits per heavy atom. The van der Waals surface area contributed by atoms with E-state index in [0.29, 0.717) is 5.92 Å². The fourth-order valence-corrected chi connectivity index (χ4v) is 3.65. The second kappa shape index (κ2) is 4.96. The number of benzene rings is 1. The first-order valence-electron chi connectivity index (χ1n) is 6.26. The SMILES string of the molecule is NC(c1cc2cc(F)ccc2s1)C1CCOCC1. The highest BCUT2D eigenvalue weighted by atomic mass is 32.1. The van der Waals surface area contributed by atoms with Gasteiger partial charge in [-0.1, -0.05) is 0 Å². The number of halogens is 1. The van der Waals surface area contributed by atoms with Gasteiger partial charge in [0.25, 0.3) is 0 Å². The molecule has 1 unspecified atom stereocenters. The molecule has 0 radical (unpaired) electrons. The molecule has 18 heavy (non-hydrogen) atoms. The molecule has 0 saturated carbocycles. The summed E-state index contributed by atoms with van der Waals surface area (Å²) in [6, 6.07) is 6.99. The molecule has 2 nitrogen and oxygen atoms in total. The van der Waals surface area contributed by atoms with Crippen LogP contribution in [-0.2, 0) is 4.74 Å². The highest BCUT2D eigenvalue weighted by Gasteiger charge is 2.23. The van der Waals surface area contributed by atoms with Gasteiger partial charge in [0.15, 0.2) is 0 Å². The number of fused-ring (bicyclic) bond motifs is 1. The van der Waals surface area contributed by atoms with Crippen molar-refractivity contribution in [1.29, 1.82) is 0 Å². The van der Waals surface area contributed by atoms with Crippen LogP contribution in [0, 0.1) is 11.7 Å². The zero-order valence-corrected chi connectivity index (χ0v) is 10.9. The molecule has 1 fully saturated rings. The molecule has 96 valence electrons. The van der Waals surface area contributed by atoms with Gasteiger partial charge < -0.3 is 10.5 Å². The molecule has 2 aromatic rings. The molecule has 1 aliphatic heterocycles. The van der Waals surface area contributed by atoms with E-state index >= 15 is 0 Å². The van der Waals surface area contributed by atoms with Gasteiger partial charge in [-0.25, -0.2) is 4.39 Å². The van der Waals surface area contributed by atoms with Crippen molar-refractivity contribution in [2.75, 3.05) is 13.2 Å². The third-order valence-corrected chi connectivity index (χ3v) is 4.82. The second-order valence-corrected chi connectivity index (χ2v) is 5.92. The van der Waals surface area contributed by atoms with Crippen molar-refractivity contribution >= 4 is 21.4 Å².